The van der Waals surface area contributed by atoms with Crippen LogP contribution in [-0.2, 0) is 6.18 Å². The van der Waals surface area contributed by atoms with Crippen molar-refractivity contribution in [3.8, 4) is 5.75 Å². The van der Waals surface area contributed by atoms with Gasteiger partial charge in [-0.2, -0.15) is 13.2 Å². The predicted molar refractivity (Wildman–Crippen MR) is 74.9 cm³/mol. The molecule has 21 heavy (non-hydrogen) atoms. The molecule has 0 saturated carbocycles. The fourth-order valence-electron chi connectivity index (χ4n) is 1.65. The molecule has 0 radical (unpaired) electrons. The Hall–Kier alpha value is -2.15. The highest BCUT2D eigenvalue weighted by atomic mass is 35.5. The number of pyridine rings is 1. The molecule has 0 unspecified atom stereocenters. The Morgan fingerprint density at radius 2 is 1.95 bits per heavy atom. The van der Waals surface area contributed by atoms with Crippen LogP contribution in [0.4, 0.5) is 30.2 Å². The van der Waals surface area contributed by atoms with E-state index in [0.717, 1.165) is 12.3 Å². The summed E-state index contributed by atoms with van der Waals surface area (Å²) < 4.78 is 43.1. The van der Waals surface area contributed by atoms with Gasteiger partial charge in [-0.25, -0.2) is 4.98 Å². The summed E-state index contributed by atoms with van der Waals surface area (Å²) in [5.41, 5.74) is 5.14. The van der Waals surface area contributed by atoms with Crippen LogP contribution in [0.15, 0.2) is 30.5 Å². The number of benzene rings is 1. The molecule has 0 spiro atoms. The summed E-state index contributed by atoms with van der Waals surface area (Å²) in [6, 6.07) is 5.54. The van der Waals surface area contributed by atoms with Crippen molar-refractivity contribution in [2.45, 2.75) is 6.18 Å². The van der Waals surface area contributed by atoms with Crippen LogP contribution in [0, 0.1) is 0 Å². The molecule has 8 heteroatoms. The molecule has 1 heterocycles. The van der Waals surface area contributed by atoms with E-state index in [1.807, 2.05) is 0 Å². The molecule has 1 aromatic carbocycles. The molecule has 0 atom stereocenters. The molecule has 0 amide bonds. The summed E-state index contributed by atoms with van der Waals surface area (Å²) in [4.78, 5) is 3.26. The fraction of sp³-hybridized carbons (Fsp3) is 0.154. The van der Waals surface area contributed by atoms with Gasteiger partial charge >= 0.3 is 6.18 Å². The zero-order valence-electron chi connectivity index (χ0n) is 10.8. The lowest BCUT2D eigenvalue weighted by Crippen LogP contribution is -2.09. The molecule has 2 rings (SSSR count). The molecule has 0 bridgehead atoms. The number of nitrogen functional groups attached to an aromatic ring is 1. The van der Waals surface area contributed by atoms with Crippen LogP contribution in [0.3, 0.4) is 0 Å². The van der Waals surface area contributed by atoms with Crippen LogP contribution in [0.25, 0.3) is 0 Å². The van der Waals surface area contributed by atoms with Crippen LogP contribution in [-0.4, -0.2) is 12.1 Å². The van der Waals surface area contributed by atoms with E-state index in [0.29, 0.717) is 16.5 Å². The maximum absolute atomic E-state index is 12.7. The van der Waals surface area contributed by atoms with Gasteiger partial charge in [0.25, 0.3) is 0 Å². The number of rotatable bonds is 3. The largest absolute Gasteiger partial charge is 0.495 e. The number of hydrogen-bond acceptors (Lipinski definition) is 4. The molecule has 0 aliphatic heterocycles. The number of methoxy groups -OCH3 is 1. The Labute approximate surface area is 123 Å². The molecule has 0 saturated heterocycles. The minimum atomic E-state index is -4.55. The molecule has 1 aromatic heterocycles. The van der Waals surface area contributed by atoms with Gasteiger partial charge < -0.3 is 15.8 Å². The number of nitrogens with one attached hydrogen (secondary N) is 1. The molecule has 0 aliphatic carbocycles. The average Bonchev–Trinajstić information content (AvgIpc) is 2.40. The normalized spacial score (nSPS) is 11.3. The zero-order chi connectivity index (χ0) is 15.6. The van der Waals surface area contributed by atoms with E-state index in [2.05, 4.69) is 10.3 Å². The van der Waals surface area contributed by atoms with Gasteiger partial charge in [-0.1, -0.05) is 11.6 Å². The van der Waals surface area contributed by atoms with E-state index in [4.69, 9.17) is 22.1 Å². The molecule has 0 aliphatic rings. The number of aromatic nitrogens is 1. The highest BCUT2D eigenvalue weighted by molar-refractivity contribution is 6.31. The van der Waals surface area contributed by atoms with Crippen molar-refractivity contribution >= 4 is 28.7 Å². The molecular weight excluding hydrogens is 307 g/mol. The zero-order valence-corrected chi connectivity index (χ0v) is 11.6. The van der Waals surface area contributed by atoms with E-state index in [1.165, 1.54) is 13.2 Å². The Morgan fingerprint density at radius 3 is 2.57 bits per heavy atom. The Kier molecular flexibility index (Phi) is 4.13. The predicted octanol–water partition coefficient (Wildman–Crippen LogP) is 4.09. The monoisotopic (exact) mass is 317 g/mol. The standard InChI is InChI=1S/C13H11ClF3N3O/c1-21-11-3-2-7(14)4-10(11)20-9-5-12(13(15,16)17)19-6-8(9)18/h2-6H,18H2,1H3,(H,19,20). The highest BCUT2D eigenvalue weighted by Gasteiger charge is 2.33. The third-order valence-electron chi connectivity index (χ3n) is 2.66. The van der Waals surface area contributed by atoms with Crippen molar-refractivity contribution in [2.24, 2.45) is 0 Å². The number of hydrogen-bond donors (Lipinski definition) is 2. The van der Waals surface area contributed by atoms with Gasteiger partial charge in [0, 0.05) is 5.02 Å². The first-order chi connectivity index (χ1) is 9.81. The van der Waals surface area contributed by atoms with Crippen molar-refractivity contribution < 1.29 is 17.9 Å². The summed E-state index contributed by atoms with van der Waals surface area (Å²) in [5.74, 6) is 0.421. The number of anilines is 3. The highest BCUT2D eigenvalue weighted by Crippen LogP contribution is 2.35. The summed E-state index contributed by atoms with van der Waals surface area (Å²) in [6.45, 7) is 0. The van der Waals surface area contributed by atoms with E-state index < -0.39 is 11.9 Å². The molecule has 4 nitrogen and oxygen atoms in total. The summed E-state index contributed by atoms with van der Waals surface area (Å²) in [5, 5.41) is 3.18. The quantitative estimate of drug-likeness (QED) is 0.895. The van der Waals surface area contributed by atoms with Gasteiger partial charge in [0.2, 0.25) is 0 Å². The summed E-state index contributed by atoms with van der Waals surface area (Å²) >= 11 is 5.86. The Bertz CT molecular complexity index is 662. The number of ether oxygens (including phenoxy) is 1. The maximum Gasteiger partial charge on any atom is 0.433 e. The molecule has 112 valence electrons. The Balaban J connectivity index is 2.42. The summed E-state index contributed by atoms with van der Waals surface area (Å²) in [7, 11) is 1.44. The SMILES string of the molecule is COc1ccc(Cl)cc1Nc1cc(C(F)(F)F)ncc1N. The summed E-state index contributed by atoms with van der Waals surface area (Å²) in [6.07, 6.45) is -3.61. The minimum absolute atomic E-state index is 0.0675. The molecule has 3 N–H and O–H groups in total. The van der Waals surface area contributed by atoms with Crippen LogP contribution < -0.4 is 15.8 Å². The second-order valence-corrected chi connectivity index (χ2v) is 4.56. The van der Waals surface area contributed by atoms with Crippen LogP contribution >= 0.6 is 11.6 Å². The second kappa shape index (κ2) is 5.69. The van der Waals surface area contributed by atoms with Gasteiger partial charge in [0.15, 0.2) is 0 Å². The smallest absolute Gasteiger partial charge is 0.433 e. The van der Waals surface area contributed by atoms with Gasteiger partial charge in [-0.15, -0.1) is 0 Å². The Morgan fingerprint density at radius 1 is 1.24 bits per heavy atom. The topological polar surface area (TPSA) is 60.2 Å². The van der Waals surface area contributed by atoms with Crippen LogP contribution in [0.5, 0.6) is 5.75 Å². The van der Waals surface area contributed by atoms with Crippen LogP contribution in [0.1, 0.15) is 5.69 Å². The first kappa shape index (κ1) is 15.2. The maximum atomic E-state index is 12.7. The number of nitrogens with zero attached hydrogens (tertiary/aromatic N) is 1. The van der Waals surface area contributed by atoms with Gasteiger partial charge in [0.05, 0.1) is 30.4 Å². The first-order valence-electron chi connectivity index (χ1n) is 5.74. The van der Waals surface area contributed by atoms with Crippen molar-refractivity contribution in [1.82, 2.24) is 4.98 Å². The number of alkyl halides is 3. The van der Waals surface area contributed by atoms with Crippen molar-refractivity contribution in [1.29, 1.82) is 0 Å². The average molecular weight is 318 g/mol. The third kappa shape index (κ3) is 3.49. The molecule has 0 fully saturated rings. The van der Waals surface area contributed by atoms with E-state index >= 15 is 0 Å². The van der Waals surface area contributed by atoms with E-state index in [1.54, 1.807) is 12.1 Å². The number of nitrogens with two attached hydrogens (primary N) is 1. The van der Waals surface area contributed by atoms with Crippen molar-refractivity contribution in [3.63, 3.8) is 0 Å². The van der Waals surface area contributed by atoms with Gasteiger partial charge in [-0.3, -0.25) is 0 Å². The lowest BCUT2D eigenvalue weighted by Gasteiger charge is -2.14. The van der Waals surface area contributed by atoms with E-state index in [-0.39, 0.29) is 11.4 Å². The molecule has 2 aromatic rings. The number of halogens is 4. The second-order valence-electron chi connectivity index (χ2n) is 4.12. The lowest BCUT2D eigenvalue weighted by atomic mass is 10.2. The van der Waals surface area contributed by atoms with Gasteiger partial charge in [0.1, 0.15) is 11.4 Å². The fourth-order valence-corrected chi connectivity index (χ4v) is 1.82. The van der Waals surface area contributed by atoms with Crippen molar-refractivity contribution in [3.05, 3.63) is 41.2 Å². The van der Waals surface area contributed by atoms with Gasteiger partial charge in [-0.05, 0) is 24.3 Å². The first-order valence-corrected chi connectivity index (χ1v) is 6.12. The van der Waals surface area contributed by atoms with Crippen molar-refractivity contribution in [2.75, 3.05) is 18.2 Å². The molecular formula is C13H11ClF3N3O. The third-order valence-corrected chi connectivity index (χ3v) is 2.89. The lowest BCUT2D eigenvalue weighted by molar-refractivity contribution is -0.141. The van der Waals surface area contributed by atoms with E-state index in [9.17, 15) is 13.2 Å². The minimum Gasteiger partial charge on any atom is -0.495 e. The van der Waals surface area contributed by atoms with Crippen LogP contribution in [0.2, 0.25) is 5.02 Å².